The van der Waals surface area contributed by atoms with E-state index in [1.807, 2.05) is 0 Å². The minimum atomic E-state index is -4.35. The molecule has 0 bridgehead atoms. The molecule has 1 N–H and O–H groups in total. The molecule has 3 aromatic rings. The second-order valence-corrected chi connectivity index (χ2v) is 12.9. The largest absolute Gasteiger partial charge is 0.493 e. The predicted octanol–water partition coefficient (Wildman–Crippen LogP) is 5.56. The lowest BCUT2D eigenvalue weighted by Crippen LogP contribution is -2.53. The first kappa shape index (κ1) is 33.1. The Labute approximate surface area is 262 Å². The Balaban J connectivity index is 1.73. The number of halogens is 2. The van der Waals surface area contributed by atoms with Crippen LogP contribution in [0.25, 0.3) is 0 Å². The number of anilines is 1. The van der Waals surface area contributed by atoms with Crippen molar-refractivity contribution >= 4 is 39.1 Å². The lowest BCUT2D eigenvalue weighted by atomic mass is 10.1. The summed E-state index contributed by atoms with van der Waals surface area (Å²) in [5.74, 6) is -0.821. The molecule has 0 radical (unpaired) electrons. The Morgan fingerprint density at radius 3 is 2.20 bits per heavy atom. The molecule has 12 heteroatoms. The van der Waals surface area contributed by atoms with Crippen molar-refractivity contribution in [3.8, 4) is 11.5 Å². The van der Waals surface area contributed by atoms with E-state index in [-0.39, 0.29) is 41.2 Å². The maximum absolute atomic E-state index is 14.2. The van der Waals surface area contributed by atoms with Gasteiger partial charge in [-0.3, -0.25) is 13.9 Å². The third-order valence-electron chi connectivity index (χ3n) is 7.69. The monoisotopic (exact) mass is 645 g/mol. The fourth-order valence-electron chi connectivity index (χ4n) is 5.31. The van der Waals surface area contributed by atoms with E-state index in [0.29, 0.717) is 16.3 Å². The summed E-state index contributed by atoms with van der Waals surface area (Å²) in [6, 6.07) is 15.0. The molecule has 1 aliphatic carbocycles. The summed E-state index contributed by atoms with van der Waals surface area (Å²) in [7, 11) is -1.52. The minimum absolute atomic E-state index is 0.0234. The highest BCUT2D eigenvalue weighted by molar-refractivity contribution is 7.92. The van der Waals surface area contributed by atoms with E-state index in [1.54, 1.807) is 6.92 Å². The van der Waals surface area contributed by atoms with Gasteiger partial charge >= 0.3 is 0 Å². The molecule has 1 atom stereocenters. The lowest BCUT2D eigenvalue weighted by Gasteiger charge is -2.33. The standard InChI is InChI=1S/C32H37ClFN3O6S/c1-4-28(32(39)35-25-7-5-6-8-25)36(20-22-9-13-24(34)14-10-22)31(38)21-37(26-15-11-23(33)12-16-26)44(40,41)27-17-18-29(42-2)30(19-27)43-3/h9-19,25,28H,4-8,20-21H2,1-3H3,(H,35,39). The summed E-state index contributed by atoms with van der Waals surface area (Å²) >= 11 is 6.10. The zero-order chi connectivity index (χ0) is 31.9. The summed E-state index contributed by atoms with van der Waals surface area (Å²) in [5, 5.41) is 3.45. The second-order valence-electron chi connectivity index (χ2n) is 10.6. The molecule has 0 aliphatic heterocycles. The maximum atomic E-state index is 14.2. The molecule has 236 valence electrons. The molecule has 9 nitrogen and oxygen atoms in total. The van der Waals surface area contributed by atoms with Gasteiger partial charge in [-0.05, 0) is 73.4 Å². The van der Waals surface area contributed by atoms with Gasteiger partial charge in [0.05, 0.1) is 24.8 Å². The molecular formula is C32H37ClFN3O6S. The van der Waals surface area contributed by atoms with Gasteiger partial charge in [-0.2, -0.15) is 0 Å². The number of sulfonamides is 1. The van der Waals surface area contributed by atoms with Crippen LogP contribution < -0.4 is 19.1 Å². The van der Waals surface area contributed by atoms with E-state index in [9.17, 15) is 22.4 Å². The zero-order valence-corrected chi connectivity index (χ0v) is 26.5. The van der Waals surface area contributed by atoms with Gasteiger partial charge in [0, 0.05) is 23.7 Å². The summed E-state index contributed by atoms with van der Waals surface area (Å²) in [6.45, 7) is 1.15. The lowest BCUT2D eigenvalue weighted by molar-refractivity contribution is -0.140. The number of hydrogen-bond donors (Lipinski definition) is 1. The minimum Gasteiger partial charge on any atom is -0.493 e. The van der Waals surface area contributed by atoms with Crippen molar-refractivity contribution in [2.75, 3.05) is 25.1 Å². The Bertz CT molecular complexity index is 1550. The van der Waals surface area contributed by atoms with Crippen LogP contribution in [0.1, 0.15) is 44.6 Å². The predicted molar refractivity (Wildman–Crippen MR) is 167 cm³/mol. The maximum Gasteiger partial charge on any atom is 0.264 e. The zero-order valence-electron chi connectivity index (χ0n) is 25.0. The quantitative estimate of drug-likeness (QED) is 0.261. The van der Waals surface area contributed by atoms with Gasteiger partial charge in [0.15, 0.2) is 11.5 Å². The number of rotatable bonds is 13. The number of carbonyl (C=O) groups is 2. The highest BCUT2D eigenvalue weighted by atomic mass is 35.5. The third-order valence-corrected chi connectivity index (χ3v) is 9.71. The third kappa shape index (κ3) is 7.81. The van der Waals surface area contributed by atoms with Crippen molar-refractivity contribution in [2.45, 2.75) is 62.6 Å². The van der Waals surface area contributed by atoms with Crippen molar-refractivity contribution < 1.29 is 31.9 Å². The molecule has 1 unspecified atom stereocenters. The molecule has 44 heavy (non-hydrogen) atoms. The van der Waals surface area contributed by atoms with E-state index in [1.165, 1.54) is 85.8 Å². The van der Waals surface area contributed by atoms with Gasteiger partial charge in [-0.25, -0.2) is 12.8 Å². The highest BCUT2D eigenvalue weighted by Crippen LogP contribution is 2.33. The SMILES string of the molecule is CCC(C(=O)NC1CCCC1)N(Cc1ccc(F)cc1)C(=O)CN(c1ccc(Cl)cc1)S(=O)(=O)c1ccc(OC)c(OC)c1. The van der Waals surface area contributed by atoms with Gasteiger partial charge in [-0.1, -0.05) is 43.5 Å². The van der Waals surface area contributed by atoms with Gasteiger partial charge < -0.3 is 19.7 Å². The average molecular weight is 646 g/mol. The van der Waals surface area contributed by atoms with E-state index < -0.39 is 34.3 Å². The molecule has 2 amide bonds. The highest BCUT2D eigenvalue weighted by Gasteiger charge is 2.35. The molecule has 1 fully saturated rings. The Hall–Kier alpha value is -3.83. The first-order valence-electron chi connectivity index (χ1n) is 14.4. The fraction of sp³-hybridized carbons (Fsp3) is 0.375. The van der Waals surface area contributed by atoms with Gasteiger partial charge in [0.25, 0.3) is 10.0 Å². The van der Waals surface area contributed by atoms with Crippen molar-refractivity contribution in [3.63, 3.8) is 0 Å². The molecule has 0 spiro atoms. The number of benzene rings is 3. The van der Waals surface area contributed by atoms with E-state index >= 15 is 0 Å². The van der Waals surface area contributed by atoms with Crippen LogP contribution in [0.5, 0.6) is 11.5 Å². The Morgan fingerprint density at radius 1 is 0.977 bits per heavy atom. The van der Waals surface area contributed by atoms with Crippen molar-refractivity contribution in [1.29, 1.82) is 0 Å². The van der Waals surface area contributed by atoms with Gasteiger partial charge in [0.1, 0.15) is 18.4 Å². The normalized spacial score (nSPS) is 14.1. The van der Waals surface area contributed by atoms with Crippen molar-refractivity contribution in [3.05, 3.63) is 83.1 Å². The molecule has 3 aromatic carbocycles. The topological polar surface area (TPSA) is 105 Å². The first-order chi connectivity index (χ1) is 21.1. The number of carbonyl (C=O) groups excluding carboxylic acids is 2. The summed E-state index contributed by atoms with van der Waals surface area (Å²) < 4.78 is 53.6. The van der Waals surface area contributed by atoms with E-state index in [2.05, 4.69) is 5.32 Å². The molecule has 0 aromatic heterocycles. The Morgan fingerprint density at radius 2 is 1.61 bits per heavy atom. The van der Waals surface area contributed by atoms with Crippen LogP contribution in [0.2, 0.25) is 5.02 Å². The van der Waals surface area contributed by atoms with Crippen molar-refractivity contribution in [1.82, 2.24) is 10.2 Å². The number of nitrogens with zero attached hydrogens (tertiary/aromatic N) is 2. The van der Waals surface area contributed by atoms with Gasteiger partial charge in [-0.15, -0.1) is 0 Å². The fourth-order valence-corrected chi connectivity index (χ4v) is 6.87. The second kappa shape index (κ2) is 14.8. The van der Waals surface area contributed by atoms with E-state index in [0.717, 1.165) is 30.0 Å². The van der Waals surface area contributed by atoms with Crippen LogP contribution in [-0.4, -0.2) is 58.0 Å². The van der Waals surface area contributed by atoms with Crippen LogP contribution in [0, 0.1) is 5.82 Å². The molecule has 4 rings (SSSR count). The summed E-state index contributed by atoms with van der Waals surface area (Å²) in [5.41, 5.74) is 0.787. The summed E-state index contributed by atoms with van der Waals surface area (Å²) in [6.07, 6.45) is 4.05. The van der Waals surface area contributed by atoms with E-state index in [4.69, 9.17) is 21.1 Å². The summed E-state index contributed by atoms with van der Waals surface area (Å²) in [4.78, 5) is 29.0. The molecule has 0 saturated heterocycles. The van der Waals surface area contributed by atoms with Crippen molar-refractivity contribution in [2.24, 2.45) is 0 Å². The van der Waals surface area contributed by atoms with Crippen LogP contribution in [0.3, 0.4) is 0 Å². The number of methoxy groups -OCH3 is 2. The molecule has 1 saturated carbocycles. The average Bonchev–Trinajstić information content (AvgIpc) is 3.53. The first-order valence-corrected chi connectivity index (χ1v) is 16.2. The molecular weight excluding hydrogens is 609 g/mol. The van der Waals surface area contributed by atoms with Crippen LogP contribution >= 0.6 is 11.6 Å². The number of hydrogen-bond acceptors (Lipinski definition) is 6. The smallest absolute Gasteiger partial charge is 0.264 e. The Kier molecular flexibility index (Phi) is 11.1. The van der Waals surface area contributed by atoms with Gasteiger partial charge in [0.2, 0.25) is 11.8 Å². The number of nitrogens with one attached hydrogen (secondary N) is 1. The molecule has 1 aliphatic rings. The van der Waals surface area contributed by atoms with Crippen LogP contribution in [0.4, 0.5) is 10.1 Å². The molecule has 0 heterocycles. The van der Waals surface area contributed by atoms with Crippen LogP contribution in [-0.2, 0) is 26.2 Å². The number of amides is 2. The van der Waals surface area contributed by atoms with Crippen LogP contribution in [0.15, 0.2) is 71.6 Å². The number of ether oxygens (including phenoxy) is 2.